The molecule has 0 fully saturated rings. The summed E-state index contributed by atoms with van der Waals surface area (Å²) in [5.74, 6) is 0. The van der Waals surface area contributed by atoms with Crippen LogP contribution in [-0.2, 0) is 20.0 Å². The Balaban J connectivity index is 2.68. The van der Waals surface area contributed by atoms with E-state index in [1.54, 1.807) is 0 Å². The van der Waals surface area contributed by atoms with E-state index in [0.717, 1.165) is 34.2 Å². The summed E-state index contributed by atoms with van der Waals surface area (Å²) in [5.41, 5.74) is 2.27. The minimum atomic E-state index is 0.763. The third kappa shape index (κ3) is 3.43. The van der Waals surface area contributed by atoms with E-state index >= 15 is 0 Å². The molecule has 0 amide bonds. The van der Waals surface area contributed by atoms with Crippen LogP contribution < -0.4 is 5.32 Å². The van der Waals surface area contributed by atoms with Gasteiger partial charge in [-0.1, -0.05) is 29.4 Å². The summed E-state index contributed by atoms with van der Waals surface area (Å²) < 4.78 is 3.98. The van der Waals surface area contributed by atoms with Crippen LogP contribution in [0.4, 0.5) is 0 Å². The monoisotopic (exact) mass is 335 g/mol. The van der Waals surface area contributed by atoms with Gasteiger partial charge in [-0.2, -0.15) is 5.10 Å². The summed E-state index contributed by atoms with van der Waals surface area (Å²) in [5, 5.41) is 7.71. The van der Waals surface area contributed by atoms with Crippen molar-refractivity contribution in [3.63, 3.8) is 0 Å². The topological polar surface area (TPSA) is 29.9 Å². The lowest BCUT2D eigenvalue weighted by Gasteiger charge is -2.04. The molecule has 0 bridgehead atoms. The molecular weight excluding hydrogens is 322 g/mol. The summed E-state index contributed by atoms with van der Waals surface area (Å²) in [6, 6.07) is 0. The molecule has 0 saturated carbocycles. The largest absolute Gasteiger partial charge is 0.307 e. The van der Waals surface area contributed by atoms with Gasteiger partial charge < -0.3 is 5.32 Å². The Morgan fingerprint density at radius 1 is 1.60 bits per heavy atom. The smallest absolute Gasteiger partial charge is 0.0767 e. The van der Waals surface area contributed by atoms with Crippen LogP contribution in [0.15, 0.2) is 15.5 Å². The van der Waals surface area contributed by atoms with Gasteiger partial charge in [0.1, 0.15) is 0 Å². The van der Waals surface area contributed by atoms with E-state index < -0.39 is 0 Å². The molecule has 0 unspecified atom stereocenters. The SMILES string of the molecule is C=C(Br)CNCc1c(Br)c(CC)nn1C. The zero-order valence-corrected chi connectivity index (χ0v) is 12.2. The summed E-state index contributed by atoms with van der Waals surface area (Å²) in [6.45, 7) is 7.42. The highest BCUT2D eigenvalue weighted by atomic mass is 79.9. The Labute approximate surface area is 107 Å². The van der Waals surface area contributed by atoms with Crippen molar-refractivity contribution in [3.8, 4) is 0 Å². The molecular formula is C10H15Br2N3. The number of hydrogen-bond donors (Lipinski definition) is 1. The van der Waals surface area contributed by atoms with Gasteiger partial charge in [-0.3, -0.25) is 4.68 Å². The Kier molecular flexibility index (Phi) is 5.02. The molecule has 1 aromatic rings. The molecule has 0 saturated heterocycles. The van der Waals surface area contributed by atoms with E-state index in [2.05, 4.69) is 55.8 Å². The molecule has 3 nitrogen and oxygen atoms in total. The van der Waals surface area contributed by atoms with Gasteiger partial charge in [-0.15, -0.1) is 0 Å². The molecule has 0 aliphatic heterocycles. The van der Waals surface area contributed by atoms with Crippen molar-refractivity contribution in [1.82, 2.24) is 15.1 Å². The fraction of sp³-hybridized carbons (Fsp3) is 0.500. The van der Waals surface area contributed by atoms with Crippen molar-refractivity contribution in [2.75, 3.05) is 6.54 Å². The van der Waals surface area contributed by atoms with Crippen molar-refractivity contribution in [2.24, 2.45) is 7.05 Å². The number of halogens is 2. The highest BCUT2D eigenvalue weighted by Crippen LogP contribution is 2.21. The van der Waals surface area contributed by atoms with Crippen LogP contribution in [0.1, 0.15) is 18.3 Å². The van der Waals surface area contributed by atoms with Gasteiger partial charge in [-0.25, -0.2) is 0 Å². The average molecular weight is 337 g/mol. The second-order valence-electron chi connectivity index (χ2n) is 3.31. The van der Waals surface area contributed by atoms with E-state index in [1.807, 2.05) is 11.7 Å². The van der Waals surface area contributed by atoms with E-state index in [4.69, 9.17) is 0 Å². The molecule has 0 aliphatic carbocycles. The molecule has 1 rings (SSSR count). The Morgan fingerprint density at radius 3 is 2.73 bits per heavy atom. The molecule has 0 aliphatic rings. The number of nitrogens with zero attached hydrogens (tertiary/aromatic N) is 2. The molecule has 0 aromatic carbocycles. The third-order valence-corrected chi connectivity index (χ3v) is 3.31. The molecule has 15 heavy (non-hydrogen) atoms. The number of aryl methyl sites for hydroxylation is 2. The average Bonchev–Trinajstić information content (AvgIpc) is 2.44. The van der Waals surface area contributed by atoms with E-state index in [9.17, 15) is 0 Å². The number of nitrogens with one attached hydrogen (secondary N) is 1. The predicted octanol–water partition coefficient (Wildman–Crippen LogP) is 2.74. The Bertz CT molecular complexity index is 358. The van der Waals surface area contributed by atoms with Gasteiger partial charge in [-0.05, 0) is 22.4 Å². The van der Waals surface area contributed by atoms with Crippen molar-refractivity contribution in [3.05, 3.63) is 26.9 Å². The van der Waals surface area contributed by atoms with Crippen LogP contribution in [0.5, 0.6) is 0 Å². The molecule has 0 atom stereocenters. The van der Waals surface area contributed by atoms with Crippen LogP contribution in [0.3, 0.4) is 0 Å². The second kappa shape index (κ2) is 5.82. The molecule has 0 radical (unpaired) electrons. The number of rotatable bonds is 5. The lowest BCUT2D eigenvalue weighted by Crippen LogP contribution is -2.17. The van der Waals surface area contributed by atoms with Crippen LogP contribution in [0.25, 0.3) is 0 Å². The molecule has 1 heterocycles. The maximum Gasteiger partial charge on any atom is 0.0767 e. The van der Waals surface area contributed by atoms with Crippen LogP contribution >= 0.6 is 31.9 Å². The predicted molar refractivity (Wildman–Crippen MR) is 70.1 cm³/mol. The van der Waals surface area contributed by atoms with Crippen LogP contribution in [0, 0.1) is 0 Å². The van der Waals surface area contributed by atoms with E-state index in [0.29, 0.717) is 0 Å². The number of hydrogen-bond acceptors (Lipinski definition) is 2. The first-order valence-corrected chi connectivity index (χ1v) is 6.39. The summed E-state index contributed by atoms with van der Waals surface area (Å²) in [6.07, 6.45) is 0.944. The molecule has 0 spiro atoms. The molecule has 1 N–H and O–H groups in total. The lowest BCUT2D eigenvalue weighted by atomic mass is 10.3. The quantitative estimate of drug-likeness (QED) is 0.896. The normalized spacial score (nSPS) is 10.7. The summed E-state index contributed by atoms with van der Waals surface area (Å²) in [4.78, 5) is 0. The van der Waals surface area contributed by atoms with Gasteiger partial charge in [0.15, 0.2) is 0 Å². The first-order chi connectivity index (χ1) is 7.06. The Hall–Kier alpha value is -0.130. The van der Waals surface area contributed by atoms with Gasteiger partial charge >= 0.3 is 0 Å². The maximum absolute atomic E-state index is 4.42. The molecule has 5 heteroatoms. The van der Waals surface area contributed by atoms with E-state index in [1.165, 1.54) is 5.69 Å². The third-order valence-electron chi connectivity index (χ3n) is 2.11. The minimum Gasteiger partial charge on any atom is -0.307 e. The molecule has 84 valence electrons. The number of aromatic nitrogens is 2. The van der Waals surface area contributed by atoms with Crippen molar-refractivity contribution in [1.29, 1.82) is 0 Å². The van der Waals surface area contributed by atoms with Crippen LogP contribution in [0.2, 0.25) is 0 Å². The first kappa shape index (κ1) is 12.9. The van der Waals surface area contributed by atoms with Gasteiger partial charge in [0.25, 0.3) is 0 Å². The van der Waals surface area contributed by atoms with Gasteiger partial charge in [0.2, 0.25) is 0 Å². The summed E-state index contributed by atoms with van der Waals surface area (Å²) >= 11 is 6.88. The summed E-state index contributed by atoms with van der Waals surface area (Å²) in [7, 11) is 1.96. The van der Waals surface area contributed by atoms with Gasteiger partial charge in [0.05, 0.1) is 15.9 Å². The van der Waals surface area contributed by atoms with Crippen LogP contribution in [-0.4, -0.2) is 16.3 Å². The fourth-order valence-corrected chi connectivity index (χ4v) is 2.28. The zero-order valence-electron chi connectivity index (χ0n) is 8.98. The van der Waals surface area contributed by atoms with Crippen molar-refractivity contribution in [2.45, 2.75) is 19.9 Å². The highest BCUT2D eigenvalue weighted by Gasteiger charge is 2.11. The van der Waals surface area contributed by atoms with Gasteiger partial charge in [0, 0.05) is 24.6 Å². The fourth-order valence-electron chi connectivity index (χ4n) is 1.33. The maximum atomic E-state index is 4.42. The van der Waals surface area contributed by atoms with E-state index in [-0.39, 0.29) is 0 Å². The highest BCUT2D eigenvalue weighted by molar-refractivity contribution is 9.11. The van der Waals surface area contributed by atoms with Crippen molar-refractivity contribution >= 4 is 31.9 Å². The Morgan fingerprint density at radius 2 is 2.27 bits per heavy atom. The lowest BCUT2D eigenvalue weighted by molar-refractivity contribution is 0.648. The standard InChI is InChI=1S/C10H15Br2N3/c1-4-8-10(12)9(15(3)14-8)6-13-5-7(2)11/h13H,2,4-6H2,1,3H3. The minimum absolute atomic E-state index is 0.763. The zero-order chi connectivity index (χ0) is 11.4. The first-order valence-electron chi connectivity index (χ1n) is 4.80. The molecule has 1 aromatic heterocycles. The van der Waals surface area contributed by atoms with Crippen molar-refractivity contribution < 1.29 is 0 Å². The second-order valence-corrected chi connectivity index (χ2v) is 5.22.